The minimum Gasteiger partial charge on any atom is -0.322 e. The molecule has 26 heavy (non-hydrogen) atoms. The van der Waals surface area contributed by atoms with Gasteiger partial charge in [0.05, 0.1) is 21.9 Å². The Labute approximate surface area is 158 Å². The number of pyridine rings is 1. The number of aromatic nitrogens is 1. The van der Waals surface area contributed by atoms with Gasteiger partial charge in [0.2, 0.25) is 0 Å². The molecule has 1 aromatic heterocycles. The van der Waals surface area contributed by atoms with Gasteiger partial charge >= 0.3 is 0 Å². The highest BCUT2D eigenvalue weighted by Gasteiger charge is 2.13. The second-order valence-electron chi connectivity index (χ2n) is 5.60. The molecule has 6 nitrogen and oxygen atoms in total. The first kappa shape index (κ1) is 17.8. The van der Waals surface area contributed by atoms with Crippen molar-refractivity contribution in [3.8, 4) is 11.3 Å². The molecule has 0 saturated heterocycles. The highest BCUT2D eigenvalue weighted by Crippen LogP contribution is 2.23. The van der Waals surface area contributed by atoms with Crippen LogP contribution >= 0.6 is 15.9 Å². The molecule has 3 rings (SSSR count). The Morgan fingerprint density at radius 2 is 1.85 bits per heavy atom. The summed E-state index contributed by atoms with van der Waals surface area (Å²) in [4.78, 5) is 27.2. The molecule has 0 spiro atoms. The Kier molecular flexibility index (Phi) is 5.09. The van der Waals surface area contributed by atoms with E-state index in [4.69, 9.17) is 0 Å². The number of nitro benzene ring substituents is 1. The highest BCUT2D eigenvalue weighted by atomic mass is 79.9. The summed E-state index contributed by atoms with van der Waals surface area (Å²) in [5.74, 6) is -0.315. The van der Waals surface area contributed by atoms with Crippen LogP contribution in [-0.4, -0.2) is 15.8 Å². The van der Waals surface area contributed by atoms with Gasteiger partial charge in [-0.25, -0.2) is 0 Å². The fraction of sp³-hybridized carbons (Fsp3) is 0.0526. The van der Waals surface area contributed by atoms with Gasteiger partial charge < -0.3 is 5.32 Å². The van der Waals surface area contributed by atoms with E-state index < -0.39 is 4.92 Å². The molecule has 0 aliphatic heterocycles. The number of halogens is 1. The molecule has 130 valence electrons. The van der Waals surface area contributed by atoms with Gasteiger partial charge in [0.25, 0.3) is 11.6 Å². The Morgan fingerprint density at radius 3 is 2.46 bits per heavy atom. The Balaban J connectivity index is 1.80. The van der Waals surface area contributed by atoms with Gasteiger partial charge in [-0.15, -0.1) is 0 Å². The average molecular weight is 412 g/mol. The minimum absolute atomic E-state index is 0.0285. The predicted molar refractivity (Wildman–Crippen MR) is 103 cm³/mol. The molecule has 0 unspecified atom stereocenters. The second kappa shape index (κ2) is 7.45. The van der Waals surface area contributed by atoms with Gasteiger partial charge in [0, 0.05) is 27.9 Å². The summed E-state index contributed by atoms with van der Waals surface area (Å²) in [6.07, 6.45) is 0. The maximum absolute atomic E-state index is 12.5. The molecule has 2 aromatic carbocycles. The topological polar surface area (TPSA) is 85.1 Å². The Hall–Kier alpha value is -3.06. The third-order valence-electron chi connectivity index (χ3n) is 3.79. The fourth-order valence-corrected chi connectivity index (χ4v) is 2.87. The molecule has 7 heteroatoms. The largest absolute Gasteiger partial charge is 0.322 e. The van der Waals surface area contributed by atoms with Crippen LogP contribution < -0.4 is 5.32 Å². The van der Waals surface area contributed by atoms with Crippen LogP contribution in [0.3, 0.4) is 0 Å². The summed E-state index contributed by atoms with van der Waals surface area (Å²) >= 11 is 3.43. The number of non-ortho nitro benzene ring substituents is 1. The molecular formula is C19H14BrN3O3. The number of carbonyl (C=O) groups excluding carboxylic acids is 1. The van der Waals surface area contributed by atoms with Crippen LogP contribution in [0.2, 0.25) is 0 Å². The first-order chi connectivity index (χ1) is 12.4. The zero-order valence-electron chi connectivity index (χ0n) is 13.8. The van der Waals surface area contributed by atoms with Crippen molar-refractivity contribution in [3.05, 3.63) is 86.5 Å². The highest BCUT2D eigenvalue weighted by molar-refractivity contribution is 9.10. The van der Waals surface area contributed by atoms with Crippen LogP contribution in [0.25, 0.3) is 11.3 Å². The molecule has 0 bridgehead atoms. The normalized spacial score (nSPS) is 10.4. The lowest BCUT2D eigenvalue weighted by Crippen LogP contribution is -2.14. The number of hydrogen-bond donors (Lipinski definition) is 1. The van der Waals surface area contributed by atoms with Crippen molar-refractivity contribution in [1.29, 1.82) is 0 Å². The quantitative estimate of drug-likeness (QED) is 0.484. The minimum atomic E-state index is -0.486. The molecule has 1 heterocycles. The lowest BCUT2D eigenvalue weighted by Gasteiger charge is -2.09. The summed E-state index contributed by atoms with van der Waals surface area (Å²) < 4.78 is 0.953. The van der Waals surface area contributed by atoms with Gasteiger partial charge in [-0.2, -0.15) is 0 Å². The zero-order chi connectivity index (χ0) is 18.7. The first-order valence-corrected chi connectivity index (χ1v) is 8.53. The van der Waals surface area contributed by atoms with E-state index in [0.717, 1.165) is 15.7 Å². The number of carbonyl (C=O) groups is 1. The number of benzene rings is 2. The summed E-state index contributed by atoms with van der Waals surface area (Å²) in [5, 5.41) is 13.4. The van der Waals surface area contributed by atoms with E-state index in [2.05, 4.69) is 26.2 Å². The molecule has 3 aromatic rings. The SMILES string of the molecule is Cc1nc(-c2cccc(Br)c2)ccc1C(=O)Nc1ccc([N+](=O)[O-])cc1. The van der Waals surface area contributed by atoms with Crippen molar-refractivity contribution >= 4 is 33.2 Å². The van der Waals surface area contributed by atoms with E-state index in [-0.39, 0.29) is 11.6 Å². The van der Waals surface area contributed by atoms with Crippen molar-refractivity contribution in [1.82, 2.24) is 4.98 Å². The van der Waals surface area contributed by atoms with Crippen molar-refractivity contribution in [3.63, 3.8) is 0 Å². The van der Waals surface area contributed by atoms with E-state index >= 15 is 0 Å². The smallest absolute Gasteiger partial charge is 0.269 e. The maximum atomic E-state index is 12.5. The van der Waals surface area contributed by atoms with Crippen molar-refractivity contribution in [2.75, 3.05) is 5.32 Å². The molecule has 0 radical (unpaired) electrons. The fourth-order valence-electron chi connectivity index (χ4n) is 2.47. The van der Waals surface area contributed by atoms with Crippen LogP contribution in [0.4, 0.5) is 11.4 Å². The number of nitrogens with one attached hydrogen (secondary N) is 1. The molecule has 0 saturated carbocycles. The van der Waals surface area contributed by atoms with Crippen molar-refractivity contribution in [2.24, 2.45) is 0 Å². The number of amides is 1. The van der Waals surface area contributed by atoms with E-state index in [1.54, 1.807) is 19.1 Å². The molecule has 0 aliphatic rings. The lowest BCUT2D eigenvalue weighted by atomic mass is 10.1. The van der Waals surface area contributed by atoms with Crippen LogP contribution in [-0.2, 0) is 0 Å². The van der Waals surface area contributed by atoms with E-state index in [9.17, 15) is 14.9 Å². The third-order valence-corrected chi connectivity index (χ3v) is 4.28. The van der Waals surface area contributed by atoms with Gasteiger partial charge in [-0.05, 0) is 43.3 Å². The first-order valence-electron chi connectivity index (χ1n) is 7.73. The summed E-state index contributed by atoms with van der Waals surface area (Å²) in [6.45, 7) is 1.77. The van der Waals surface area contributed by atoms with Crippen LogP contribution in [0.15, 0.2) is 65.1 Å². The molecule has 0 atom stereocenters. The molecule has 0 fully saturated rings. The van der Waals surface area contributed by atoms with Gasteiger partial charge in [-0.1, -0.05) is 28.1 Å². The summed E-state index contributed by atoms with van der Waals surface area (Å²) in [7, 11) is 0. The number of rotatable bonds is 4. The molecule has 1 N–H and O–H groups in total. The summed E-state index contributed by atoms with van der Waals surface area (Å²) in [6, 6.07) is 17.0. The van der Waals surface area contributed by atoms with E-state index in [1.807, 2.05) is 24.3 Å². The third kappa shape index (κ3) is 3.94. The maximum Gasteiger partial charge on any atom is 0.269 e. The number of aryl methyl sites for hydroxylation is 1. The van der Waals surface area contributed by atoms with Crippen molar-refractivity contribution < 1.29 is 9.72 Å². The molecule has 0 aliphatic carbocycles. The number of anilines is 1. The van der Waals surface area contributed by atoms with E-state index in [0.29, 0.717) is 16.9 Å². The van der Waals surface area contributed by atoms with Gasteiger partial charge in [-0.3, -0.25) is 19.9 Å². The molecule has 1 amide bonds. The van der Waals surface area contributed by atoms with Crippen LogP contribution in [0.1, 0.15) is 16.1 Å². The number of nitro groups is 1. The lowest BCUT2D eigenvalue weighted by molar-refractivity contribution is -0.384. The standard InChI is InChI=1S/C19H14BrN3O3/c1-12-17(9-10-18(21-12)13-3-2-4-14(20)11-13)19(24)22-15-5-7-16(8-6-15)23(25)26/h2-11H,1H3,(H,22,24). The molecular weight excluding hydrogens is 398 g/mol. The Morgan fingerprint density at radius 1 is 1.12 bits per heavy atom. The zero-order valence-corrected chi connectivity index (χ0v) is 15.4. The number of hydrogen-bond acceptors (Lipinski definition) is 4. The van der Waals surface area contributed by atoms with Crippen molar-refractivity contribution in [2.45, 2.75) is 6.92 Å². The predicted octanol–water partition coefficient (Wildman–Crippen LogP) is 4.98. The van der Waals surface area contributed by atoms with Gasteiger partial charge in [0.1, 0.15) is 0 Å². The van der Waals surface area contributed by atoms with Gasteiger partial charge in [0.15, 0.2) is 0 Å². The summed E-state index contributed by atoms with van der Waals surface area (Å²) in [5.41, 5.74) is 3.22. The van der Waals surface area contributed by atoms with Crippen LogP contribution in [0, 0.1) is 17.0 Å². The monoisotopic (exact) mass is 411 g/mol. The van der Waals surface area contributed by atoms with E-state index in [1.165, 1.54) is 24.3 Å². The second-order valence-corrected chi connectivity index (χ2v) is 6.51. The Bertz CT molecular complexity index is 988. The van der Waals surface area contributed by atoms with Crippen LogP contribution in [0.5, 0.6) is 0 Å². The number of nitrogens with zero attached hydrogens (tertiary/aromatic N) is 2. The average Bonchev–Trinajstić information content (AvgIpc) is 2.62.